The molecule has 5 rings (SSSR count). The van der Waals surface area contributed by atoms with Crippen molar-refractivity contribution in [3.05, 3.63) is 59.4 Å². The molecular formula is C24H26F3N3O5S. The van der Waals surface area contributed by atoms with Crippen LogP contribution in [0.5, 0.6) is 0 Å². The second kappa shape index (κ2) is 9.38. The standard InChI is InChI=1S/C22H25N3O3S.C2HF3O2/c1-16-8-11-23-19(14-16)21(26)24-12-9-22(10-13-24)18-4-2-3-5-20(18)25(29(22,27)28)15-17-6-7-17;3-2(4,5)1(6)7/h2-5,8,11,14,17H,6-7,9-10,12-13,15H2,1H3;(H,6,7). The lowest BCUT2D eigenvalue weighted by atomic mass is 9.87. The van der Waals surface area contributed by atoms with Gasteiger partial charge in [0.25, 0.3) is 5.91 Å². The van der Waals surface area contributed by atoms with Gasteiger partial charge in [-0.3, -0.25) is 14.1 Å². The number of para-hydroxylation sites is 1. The van der Waals surface area contributed by atoms with Gasteiger partial charge in [0.15, 0.2) is 0 Å². The van der Waals surface area contributed by atoms with Gasteiger partial charge in [-0.05, 0) is 67.9 Å². The molecule has 1 saturated carbocycles. The Morgan fingerprint density at radius 3 is 2.31 bits per heavy atom. The average molecular weight is 526 g/mol. The molecule has 1 amide bonds. The maximum absolute atomic E-state index is 13.7. The number of likely N-dealkylation sites (tertiary alicyclic amines) is 1. The molecule has 8 nitrogen and oxygen atoms in total. The molecule has 1 saturated heterocycles. The van der Waals surface area contributed by atoms with Crippen LogP contribution in [0.4, 0.5) is 18.9 Å². The third-order valence-corrected chi connectivity index (χ3v) is 9.35. The number of aromatic nitrogens is 1. The molecule has 0 radical (unpaired) electrons. The number of carbonyl (C=O) groups is 2. The fraction of sp³-hybridized carbons (Fsp3) is 0.458. The van der Waals surface area contributed by atoms with Crippen molar-refractivity contribution in [3.8, 4) is 0 Å². The number of benzene rings is 1. The molecule has 0 bridgehead atoms. The summed E-state index contributed by atoms with van der Waals surface area (Å²) >= 11 is 0. The van der Waals surface area contributed by atoms with E-state index in [2.05, 4.69) is 4.98 Å². The zero-order chi connectivity index (χ0) is 26.3. The Balaban J connectivity index is 0.000000384. The Hall–Kier alpha value is -3.15. The largest absolute Gasteiger partial charge is 0.490 e. The van der Waals surface area contributed by atoms with Crippen LogP contribution in [0.3, 0.4) is 0 Å². The zero-order valence-electron chi connectivity index (χ0n) is 19.5. The third kappa shape index (κ3) is 4.78. The molecular weight excluding hydrogens is 499 g/mol. The quantitative estimate of drug-likeness (QED) is 0.655. The number of rotatable bonds is 3. The average Bonchev–Trinajstić information content (AvgIpc) is 3.63. The number of sulfonamides is 1. The zero-order valence-corrected chi connectivity index (χ0v) is 20.3. The van der Waals surface area contributed by atoms with Crippen LogP contribution < -0.4 is 4.31 Å². The summed E-state index contributed by atoms with van der Waals surface area (Å²) in [6.07, 6.45) is -0.391. The van der Waals surface area contributed by atoms with Gasteiger partial charge in [-0.2, -0.15) is 13.2 Å². The first-order valence-electron chi connectivity index (χ1n) is 11.5. The number of alkyl halides is 3. The van der Waals surface area contributed by atoms with E-state index in [1.165, 1.54) is 0 Å². The number of hydrogen-bond donors (Lipinski definition) is 1. The number of carboxylic acids is 1. The van der Waals surface area contributed by atoms with Gasteiger partial charge in [0.1, 0.15) is 10.4 Å². The van der Waals surface area contributed by atoms with E-state index in [1.54, 1.807) is 21.5 Å². The molecule has 0 atom stereocenters. The minimum absolute atomic E-state index is 0.123. The predicted octanol–water partition coefficient (Wildman–Crippen LogP) is 3.71. The highest BCUT2D eigenvalue weighted by molar-refractivity contribution is 7.94. The van der Waals surface area contributed by atoms with Crippen molar-refractivity contribution in [2.45, 2.75) is 43.5 Å². The maximum Gasteiger partial charge on any atom is 0.490 e. The highest BCUT2D eigenvalue weighted by Gasteiger charge is 2.57. The minimum Gasteiger partial charge on any atom is -0.475 e. The summed E-state index contributed by atoms with van der Waals surface area (Å²) < 4.78 is 59.8. The maximum atomic E-state index is 13.7. The van der Waals surface area contributed by atoms with E-state index in [1.807, 2.05) is 37.3 Å². The van der Waals surface area contributed by atoms with E-state index in [0.29, 0.717) is 44.1 Å². The summed E-state index contributed by atoms with van der Waals surface area (Å²) in [5.74, 6) is -2.41. The highest BCUT2D eigenvalue weighted by Crippen LogP contribution is 2.53. The summed E-state index contributed by atoms with van der Waals surface area (Å²) in [7, 11) is -3.51. The van der Waals surface area contributed by atoms with Gasteiger partial charge in [-0.25, -0.2) is 13.2 Å². The number of anilines is 1. The van der Waals surface area contributed by atoms with Crippen LogP contribution >= 0.6 is 0 Å². The van der Waals surface area contributed by atoms with Crippen LogP contribution in [0, 0.1) is 12.8 Å². The Kier molecular flexibility index (Phi) is 6.76. The summed E-state index contributed by atoms with van der Waals surface area (Å²) in [6.45, 7) is 3.34. The minimum atomic E-state index is -5.08. The SMILES string of the molecule is Cc1ccnc(C(=O)N2CCC3(CC2)c2ccccc2N(CC2CC2)S3(=O)=O)c1.O=C(O)C(F)(F)F. The van der Waals surface area contributed by atoms with Crippen LogP contribution in [0.15, 0.2) is 42.6 Å². The number of halogens is 3. The Bertz CT molecular complexity index is 1270. The van der Waals surface area contributed by atoms with E-state index >= 15 is 0 Å². The third-order valence-electron chi connectivity index (χ3n) is 6.80. The van der Waals surface area contributed by atoms with Gasteiger partial charge in [0, 0.05) is 25.8 Å². The van der Waals surface area contributed by atoms with Crippen LogP contribution in [0.2, 0.25) is 0 Å². The van der Waals surface area contributed by atoms with Crippen molar-refractivity contribution >= 4 is 27.6 Å². The normalized spacial score (nSPS) is 19.9. The van der Waals surface area contributed by atoms with Crippen LogP contribution in [0.1, 0.15) is 47.3 Å². The van der Waals surface area contributed by atoms with Crippen LogP contribution in [-0.4, -0.2) is 61.1 Å². The lowest BCUT2D eigenvalue weighted by Crippen LogP contribution is -2.50. The van der Waals surface area contributed by atoms with Gasteiger partial charge >= 0.3 is 12.1 Å². The predicted molar refractivity (Wildman–Crippen MR) is 125 cm³/mol. The molecule has 194 valence electrons. The number of fused-ring (bicyclic) bond motifs is 2. The Morgan fingerprint density at radius 1 is 1.14 bits per heavy atom. The van der Waals surface area contributed by atoms with E-state index in [-0.39, 0.29) is 5.91 Å². The van der Waals surface area contributed by atoms with E-state index in [0.717, 1.165) is 29.7 Å². The van der Waals surface area contributed by atoms with E-state index in [9.17, 15) is 26.4 Å². The molecule has 2 aliphatic heterocycles. The molecule has 3 aliphatic rings. The fourth-order valence-corrected chi connectivity index (χ4v) is 7.10. The molecule has 1 aromatic carbocycles. The molecule has 1 N–H and O–H groups in total. The highest BCUT2D eigenvalue weighted by atomic mass is 32.2. The number of carbonyl (C=O) groups excluding carboxylic acids is 1. The van der Waals surface area contributed by atoms with Crippen molar-refractivity contribution in [2.24, 2.45) is 5.92 Å². The number of carboxylic acid groups (broad SMARTS) is 1. The smallest absolute Gasteiger partial charge is 0.475 e. The number of aliphatic carboxylic acids is 1. The summed E-state index contributed by atoms with van der Waals surface area (Å²) in [5, 5.41) is 7.12. The topological polar surface area (TPSA) is 108 Å². The molecule has 3 heterocycles. The number of pyridine rings is 1. The first-order valence-corrected chi connectivity index (χ1v) is 12.9. The second-order valence-electron chi connectivity index (χ2n) is 9.30. The first-order chi connectivity index (χ1) is 16.9. The molecule has 1 spiro atoms. The van der Waals surface area contributed by atoms with Gasteiger partial charge in [-0.1, -0.05) is 18.2 Å². The van der Waals surface area contributed by atoms with E-state index in [4.69, 9.17) is 9.90 Å². The lowest BCUT2D eigenvalue weighted by molar-refractivity contribution is -0.192. The van der Waals surface area contributed by atoms with Crippen molar-refractivity contribution in [1.82, 2.24) is 9.88 Å². The van der Waals surface area contributed by atoms with E-state index < -0.39 is 26.9 Å². The number of nitrogens with zero attached hydrogens (tertiary/aromatic N) is 3. The number of piperidine rings is 1. The van der Waals surface area contributed by atoms with Crippen molar-refractivity contribution in [1.29, 1.82) is 0 Å². The van der Waals surface area contributed by atoms with Gasteiger partial charge in [-0.15, -0.1) is 0 Å². The summed E-state index contributed by atoms with van der Waals surface area (Å²) in [4.78, 5) is 27.7. The lowest BCUT2D eigenvalue weighted by Gasteiger charge is -2.39. The Labute approximate surface area is 206 Å². The molecule has 2 aromatic rings. The Morgan fingerprint density at radius 2 is 1.75 bits per heavy atom. The van der Waals surface area contributed by atoms with Gasteiger partial charge < -0.3 is 10.0 Å². The van der Waals surface area contributed by atoms with Crippen molar-refractivity contribution < 1.29 is 36.3 Å². The molecule has 1 aliphatic carbocycles. The first kappa shape index (κ1) is 25.9. The summed E-state index contributed by atoms with van der Waals surface area (Å²) in [5.41, 5.74) is 3.15. The monoisotopic (exact) mass is 525 g/mol. The molecule has 1 aromatic heterocycles. The summed E-state index contributed by atoms with van der Waals surface area (Å²) in [6, 6.07) is 11.4. The molecule has 2 fully saturated rings. The van der Waals surface area contributed by atoms with Crippen molar-refractivity contribution in [2.75, 3.05) is 23.9 Å². The van der Waals surface area contributed by atoms with Crippen LogP contribution in [0.25, 0.3) is 0 Å². The van der Waals surface area contributed by atoms with Gasteiger partial charge in [0.2, 0.25) is 10.0 Å². The van der Waals surface area contributed by atoms with Gasteiger partial charge in [0.05, 0.1) is 5.69 Å². The molecule has 0 unspecified atom stereocenters. The number of hydrogen-bond acceptors (Lipinski definition) is 5. The van der Waals surface area contributed by atoms with Crippen molar-refractivity contribution in [3.63, 3.8) is 0 Å². The van der Waals surface area contributed by atoms with Crippen LogP contribution in [-0.2, 0) is 19.6 Å². The molecule has 12 heteroatoms. The molecule has 36 heavy (non-hydrogen) atoms. The number of amides is 1. The fourth-order valence-electron chi connectivity index (χ4n) is 4.70. The number of aryl methyl sites for hydroxylation is 1. The second-order valence-corrected chi connectivity index (χ2v) is 11.5.